The highest BCUT2D eigenvalue weighted by Crippen LogP contribution is 2.37. The van der Waals surface area contributed by atoms with Gasteiger partial charge in [-0.05, 0) is 102 Å². The summed E-state index contributed by atoms with van der Waals surface area (Å²) in [7, 11) is -1.93. The van der Waals surface area contributed by atoms with E-state index < -0.39 is 32.0 Å². The molecular formula is C47H66N12O7SSi. The number of nitrogens with zero attached hydrogens (tertiary/aromatic N) is 9. The van der Waals surface area contributed by atoms with Crippen LogP contribution in [0.2, 0.25) is 18.1 Å². The molecule has 68 heavy (non-hydrogen) atoms. The normalized spacial score (nSPS) is 12.4. The van der Waals surface area contributed by atoms with Crippen molar-refractivity contribution in [3.8, 4) is 5.75 Å². The Kier molecular flexibility index (Phi) is 16.4. The summed E-state index contributed by atoms with van der Waals surface area (Å²) in [6.45, 7) is 21.6. The van der Waals surface area contributed by atoms with E-state index in [-0.39, 0.29) is 28.7 Å². The highest BCUT2D eigenvalue weighted by Gasteiger charge is 2.37. The molecule has 366 valence electrons. The Hall–Kier alpha value is -6.19. The number of benzene rings is 1. The monoisotopic (exact) mass is 970 g/mol. The maximum atomic E-state index is 14.3. The first kappa shape index (κ1) is 51.2. The number of nitrogen functional groups attached to an aromatic ring is 1. The summed E-state index contributed by atoms with van der Waals surface area (Å²) < 4.78 is 25.6. The fraction of sp³-hybridized carbons (Fsp3) is 0.511. The van der Waals surface area contributed by atoms with Gasteiger partial charge in [-0.1, -0.05) is 38.5 Å². The van der Waals surface area contributed by atoms with Gasteiger partial charge in [0.2, 0.25) is 17.8 Å². The van der Waals surface area contributed by atoms with E-state index in [1.165, 1.54) is 17.5 Å². The molecule has 1 aromatic carbocycles. The number of aryl methyl sites for hydroxylation is 6. The summed E-state index contributed by atoms with van der Waals surface area (Å²) in [5, 5.41) is 9.28. The number of rotatable bonds is 23. The van der Waals surface area contributed by atoms with E-state index in [9.17, 15) is 19.2 Å². The molecule has 0 fully saturated rings. The summed E-state index contributed by atoms with van der Waals surface area (Å²) in [4.78, 5) is 65.6. The second kappa shape index (κ2) is 21.8. The lowest BCUT2D eigenvalue weighted by molar-refractivity contribution is 0.0511. The first-order valence-corrected chi connectivity index (χ1v) is 27.0. The van der Waals surface area contributed by atoms with E-state index in [0.29, 0.717) is 108 Å². The number of fused-ring (bicyclic) bond motifs is 2. The fourth-order valence-corrected chi connectivity index (χ4v) is 9.92. The maximum Gasteiger partial charge on any atom is 0.356 e. The highest BCUT2D eigenvalue weighted by molar-refractivity contribution is 7.16. The van der Waals surface area contributed by atoms with Crippen molar-refractivity contribution in [3.63, 3.8) is 0 Å². The minimum atomic E-state index is -1.93. The van der Waals surface area contributed by atoms with Crippen LogP contribution >= 0.6 is 11.3 Å². The average molecular weight is 971 g/mol. The quantitative estimate of drug-likeness (QED) is 0.0338. The highest BCUT2D eigenvalue weighted by atomic mass is 32.1. The third kappa shape index (κ3) is 11.7. The smallest absolute Gasteiger partial charge is 0.356 e. The van der Waals surface area contributed by atoms with Gasteiger partial charge in [0.25, 0.3) is 5.91 Å². The summed E-state index contributed by atoms with van der Waals surface area (Å²) >= 11 is 1.25. The molecule has 0 aliphatic rings. The molecular weight excluding hydrogens is 905 g/mol. The zero-order chi connectivity index (χ0) is 49.5. The van der Waals surface area contributed by atoms with Gasteiger partial charge >= 0.3 is 5.97 Å². The number of carbonyl (C=O) groups is 4. The van der Waals surface area contributed by atoms with Crippen LogP contribution in [0.1, 0.15) is 132 Å². The zero-order valence-corrected chi connectivity index (χ0v) is 42.6. The standard InChI is InChI=1S/C47H66N12O7SSi/c1-10-58-38(33(30(4)55-58)18-13-12-14-21-59-35(24-29(3)54-59)44(63)64-11-2)43(62)53-46-57(42-37(67-46)27-32(28-51-42)41(49)61)20-16-15-19-56-39-34(52-45(56)50)25-31(40(48)60)26-36(39)65-22-17-23-66-68(8,9)47(5,6)7/h24-28H,10-23H2,1-9H3,(H2,48,60)(H2,49,61)(H2,50,52)/b53-46-. The second-order valence-electron chi connectivity index (χ2n) is 18.4. The van der Waals surface area contributed by atoms with Crippen molar-refractivity contribution in [2.24, 2.45) is 16.5 Å². The first-order valence-electron chi connectivity index (χ1n) is 23.3. The van der Waals surface area contributed by atoms with Crippen LogP contribution in [0.5, 0.6) is 5.75 Å². The minimum Gasteiger partial charge on any atom is -0.491 e. The predicted molar refractivity (Wildman–Crippen MR) is 264 cm³/mol. The van der Waals surface area contributed by atoms with Crippen LogP contribution in [0.15, 0.2) is 35.5 Å². The van der Waals surface area contributed by atoms with Gasteiger partial charge in [0.1, 0.15) is 22.7 Å². The molecule has 0 aliphatic heterocycles. The van der Waals surface area contributed by atoms with E-state index in [1.807, 2.05) is 29.9 Å². The predicted octanol–water partition coefficient (Wildman–Crippen LogP) is 6.86. The summed E-state index contributed by atoms with van der Waals surface area (Å²) in [5.74, 6) is -1.33. The van der Waals surface area contributed by atoms with Gasteiger partial charge in [-0.2, -0.15) is 15.2 Å². The van der Waals surface area contributed by atoms with Crippen molar-refractivity contribution in [2.45, 2.75) is 138 Å². The number of anilines is 1. The first-order chi connectivity index (χ1) is 32.2. The number of ether oxygens (including phenoxy) is 2. The van der Waals surface area contributed by atoms with E-state index >= 15 is 0 Å². The lowest BCUT2D eigenvalue weighted by Gasteiger charge is -2.36. The molecule has 5 aromatic heterocycles. The summed E-state index contributed by atoms with van der Waals surface area (Å²) in [6.07, 6.45) is 6.29. The Balaban J connectivity index is 1.20. The number of esters is 1. The Bertz CT molecular complexity index is 2880. The number of thiazole rings is 1. The molecule has 21 heteroatoms. The fourth-order valence-electron chi connectivity index (χ4n) is 7.78. The third-order valence-electron chi connectivity index (χ3n) is 12.4. The van der Waals surface area contributed by atoms with Gasteiger partial charge in [-0.3, -0.25) is 23.7 Å². The van der Waals surface area contributed by atoms with Crippen LogP contribution in [0.25, 0.3) is 21.4 Å². The SMILES string of the molecule is CCOC(=O)c1cc(C)nn1CCCCCc1c(C)nn(CC)c1C(=O)/N=c1\sc2cc(C(N)=O)cnc2n1CCCCn1c(N)nc2cc(C(N)=O)cc(OCCCO[Si](C)(C)C(C)(C)C)c21. The summed E-state index contributed by atoms with van der Waals surface area (Å²) in [6, 6.07) is 6.65. The maximum absolute atomic E-state index is 14.3. The van der Waals surface area contributed by atoms with Crippen molar-refractivity contribution < 1.29 is 33.1 Å². The van der Waals surface area contributed by atoms with Crippen LogP contribution < -0.4 is 26.7 Å². The van der Waals surface area contributed by atoms with Gasteiger partial charge in [-0.25, -0.2) is 14.8 Å². The van der Waals surface area contributed by atoms with Crippen molar-refractivity contribution in [1.29, 1.82) is 0 Å². The molecule has 0 saturated heterocycles. The van der Waals surface area contributed by atoms with E-state index in [0.717, 1.165) is 36.2 Å². The zero-order valence-electron chi connectivity index (χ0n) is 40.8. The molecule has 0 atom stereocenters. The number of pyridine rings is 1. The molecule has 6 rings (SSSR count). The number of hydrogen-bond donors (Lipinski definition) is 3. The van der Waals surface area contributed by atoms with Crippen LogP contribution in [0.4, 0.5) is 5.95 Å². The number of hydrogen-bond acceptors (Lipinski definition) is 13. The van der Waals surface area contributed by atoms with Crippen molar-refractivity contribution in [2.75, 3.05) is 25.6 Å². The van der Waals surface area contributed by atoms with Gasteiger partial charge in [0.15, 0.2) is 18.8 Å². The molecule has 0 unspecified atom stereocenters. The molecule has 6 aromatic rings. The Morgan fingerprint density at radius 2 is 1.54 bits per heavy atom. The molecule has 0 aliphatic carbocycles. The summed E-state index contributed by atoms with van der Waals surface area (Å²) in [5.41, 5.74) is 23.3. The molecule has 3 amide bonds. The third-order valence-corrected chi connectivity index (χ3v) is 17.9. The van der Waals surface area contributed by atoms with E-state index in [4.69, 9.17) is 41.2 Å². The second-order valence-corrected chi connectivity index (χ2v) is 24.2. The lowest BCUT2D eigenvalue weighted by Crippen LogP contribution is -2.41. The topological polar surface area (TPSA) is 258 Å². The van der Waals surface area contributed by atoms with Crippen LogP contribution in [0, 0.1) is 13.8 Å². The molecule has 0 spiro atoms. The largest absolute Gasteiger partial charge is 0.491 e. The molecule has 0 radical (unpaired) electrons. The van der Waals surface area contributed by atoms with Crippen molar-refractivity contribution in [3.05, 3.63) is 74.7 Å². The number of aromatic nitrogens is 8. The van der Waals surface area contributed by atoms with Gasteiger partial charge < -0.3 is 40.2 Å². The van der Waals surface area contributed by atoms with Gasteiger partial charge in [0.05, 0.1) is 40.4 Å². The number of amides is 3. The van der Waals surface area contributed by atoms with E-state index in [2.05, 4.69) is 48.9 Å². The van der Waals surface area contributed by atoms with Crippen molar-refractivity contribution >= 4 is 70.7 Å². The number of carbonyl (C=O) groups excluding carboxylic acids is 4. The van der Waals surface area contributed by atoms with Gasteiger partial charge in [0, 0.05) is 56.5 Å². The Morgan fingerprint density at radius 1 is 0.838 bits per heavy atom. The van der Waals surface area contributed by atoms with E-state index in [1.54, 1.807) is 40.6 Å². The number of imidazole rings is 1. The molecule has 19 nitrogen and oxygen atoms in total. The number of unbranched alkanes of at least 4 members (excludes halogenated alkanes) is 3. The van der Waals surface area contributed by atoms with Crippen LogP contribution in [0.3, 0.4) is 0 Å². The Labute approximate surface area is 401 Å². The number of nitrogens with two attached hydrogens (primary N) is 3. The van der Waals surface area contributed by atoms with Gasteiger partial charge in [-0.15, -0.1) is 0 Å². The number of primary amides is 2. The molecule has 0 bridgehead atoms. The average Bonchev–Trinajstić information content (AvgIpc) is 4.01. The molecule has 0 saturated carbocycles. The lowest BCUT2D eigenvalue weighted by atomic mass is 10.0. The van der Waals surface area contributed by atoms with Crippen LogP contribution in [-0.2, 0) is 41.8 Å². The molecule has 5 heterocycles. The Morgan fingerprint density at radius 3 is 2.22 bits per heavy atom. The van der Waals surface area contributed by atoms with Crippen LogP contribution in [-0.4, -0.2) is 90.5 Å². The molecule has 6 N–H and O–H groups in total. The minimum absolute atomic E-state index is 0.0842. The van der Waals surface area contributed by atoms with Crippen molar-refractivity contribution in [1.82, 2.24) is 38.7 Å².